The van der Waals surface area contributed by atoms with Gasteiger partial charge in [0.25, 0.3) is 5.91 Å². The number of amides is 1. The topological polar surface area (TPSA) is 130 Å². The highest BCUT2D eigenvalue weighted by Gasteiger charge is 2.11. The van der Waals surface area contributed by atoms with Crippen molar-refractivity contribution >= 4 is 29.3 Å². The second-order valence-electron chi connectivity index (χ2n) is 5.65. The molecule has 27 heavy (non-hydrogen) atoms. The Hall–Kier alpha value is -3.94. The molecule has 136 valence electrons. The lowest BCUT2D eigenvalue weighted by molar-refractivity contribution is -0.134. The first-order chi connectivity index (χ1) is 13.0. The van der Waals surface area contributed by atoms with Crippen LogP contribution >= 0.6 is 0 Å². The van der Waals surface area contributed by atoms with E-state index in [1.165, 1.54) is 0 Å². The van der Waals surface area contributed by atoms with Gasteiger partial charge in [0.2, 0.25) is 5.95 Å². The molecule has 0 unspecified atom stereocenters. The number of nitrogens with one attached hydrogen (secondary N) is 2. The van der Waals surface area contributed by atoms with Gasteiger partial charge in [0.1, 0.15) is 12.4 Å². The summed E-state index contributed by atoms with van der Waals surface area (Å²) >= 11 is 0. The Morgan fingerprint density at radius 3 is 2.37 bits per heavy atom. The summed E-state index contributed by atoms with van der Waals surface area (Å²) in [5.74, 6) is -1.06. The summed E-state index contributed by atoms with van der Waals surface area (Å²) in [6.45, 7) is -0.344. The smallest absolute Gasteiger partial charge is 0.322 e. The van der Waals surface area contributed by atoms with E-state index in [0.717, 1.165) is 5.56 Å². The van der Waals surface area contributed by atoms with Crippen LogP contribution in [0.15, 0.2) is 60.7 Å². The minimum atomic E-state index is -1.05. The van der Waals surface area contributed by atoms with Gasteiger partial charge in [0, 0.05) is 22.9 Å². The first-order valence-corrected chi connectivity index (χ1v) is 8.08. The summed E-state index contributed by atoms with van der Waals surface area (Å²) in [4.78, 5) is 31.7. The number of carbonyl (C=O) groups excluding carboxylic acids is 1. The maximum atomic E-state index is 12.4. The number of aliphatic carboxylic acids is 1. The average Bonchev–Trinajstić information content (AvgIpc) is 2.67. The van der Waals surface area contributed by atoms with E-state index >= 15 is 0 Å². The van der Waals surface area contributed by atoms with Crippen molar-refractivity contribution < 1.29 is 14.7 Å². The summed E-state index contributed by atoms with van der Waals surface area (Å²) in [7, 11) is 0. The molecule has 0 atom stereocenters. The first-order valence-electron chi connectivity index (χ1n) is 8.08. The molecule has 0 saturated carbocycles. The highest BCUT2D eigenvalue weighted by molar-refractivity contribution is 6.04. The molecule has 1 heterocycles. The molecule has 0 bridgehead atoms. The second kappa shape index (κ2) is 7.96. The van der Waals surface area contributed by atoms with Crippen molar-refractivity contribution in [2.75, 3.05) is 22.9 Å². The lowest BCUT2D eigenvalue weighted by atomic mass is 10.1. The van der Waals surface area contributed by atoms with Crippen LogP contribution in [0.25, 0.3) is 11.3 Å². The summed E-state index contributed by atoms with van der Waals surface area (Å²) in [6, 6.07) is 17.4. The third-order valence-electron chi connectivity index (χ3n) is 3.61. The number of aromatic nitrogens is 2. The largest absolute Gasteiger partial charge is 0.480 e. The minimum absolute atomic E-state index is 0.103. The molecule has 1 amide bonds. The fourth-order valence-electron chi connectivity index (χ4n) is 2.32. The molecule has 0 saturated heterocycles. The number of carbonyl (C=O) groups is 2. The van der Waals surface area contributed by atoms with Crippen molar-refractivity contribution in [1.29, 1.82) is 0 Å². The molecule has 0 radical (unpaired) electrons. The standard InChI is InChI=1S/C19H17N5O3/c20-14-8-6-13(7-9-14)18(27)23-16-10-15(12-4-2-1-3-5-12)22-19(24-16)21-11-17(25)26/h1-10H,11,20H2,(H,25,26)(H2,21,22,23,24,27). The van der Waals surface area contributed by atoms with Crippen molar-refractivity contribution in [3.63, 3.8) is 0 Å². The molecule has 3 aromatic rings. The Labute approximate surface area is 155 Å². The van der Waals surface area contributed by atoms with Gasteiger partial charge in [-0.15, -0.1) is 0 Å². The Balaban J connectivity index is 1.90. The van der Waals surface area contributed by atoms with Crippen LogP contribution in [-0.4, -0.2) is 33.5 Å². The fraction of sp³-hybridized carbons (Fsp3) is 0.0526. The second-order valence-corrected chi connectivity index (χ2v) is 5.65. The molecule has 5 N–H and O–H groups in total. The van der Waals surface area contributed by atoms with Gasteiger partial charge < -0.3 is 21.5 Å². The van der Waals surface area contributed by atoms with E-state index in [0.29, 0.717) is 16.9 Å². The quantitative estimate of drug-likeness (QED) is 0.495. The lowest BCUT2D eigenvalue weighted by Crippen LogP contribution is -2.17. The molecule has 0 aliphatic heterocycles. The average molecular weight is 363 g/mol. The SMILES string of the molecule is Nc1ccc(C(=O)Nc2cc(-c3ccccc3)nc(NCC(=O)O)n2)cc1. The lowest BCUT2D eigenvalue weighted by Gasteiger charge is -2.10. The highest BCUT2D eigenvalue weighted by Crippen LogP contribution is 2.21. The fourth-order valence-corrected chi connectivity index (χ4v) is 2.32. The highest BCUT2D eigenvalue weighted by atomic mass is 16.4. The van der Waals surface area contributed by atoms with Gasteiger partial charge in [-0.1, -0.05) is 30.3 Å². The zero-order valence-corrected chi connectivity index (χ0v) is 14.2. The Morgan fingerprint density at radius 1 is 1.00 bits per heavy atom. The van der Waals surface area contributed by atoms with Gasteiger partial charge in [-0.05, 0) is 24.3 Å². The van der Waals surface area contributed by atoms with Gasteiger partial charge in [0.05, 0.1) is 5.69 Å². The number of nitrogens with two attached hydrogens (primary N) is 1. The van der Waals surface area contributed by atoms with Crippen molar-refractivity contribution in [2.45, 2.75) is 0 Å². The van der Waals surface area contributed by atoms with Crippen molar-refractivity contribution in [1.82, 2.24) is 9.97 Å². The van der Waals surface area contributed by atoms with E-state index in [2.05, 4.69) is 20.6 Å². The van der Waals surface area contributed by atoms with Crippen molar-refractivity contribution in [2.24, 2.45) is 0 Å². The first kappa shape index (κ1) is 17.9. The van der Waals surface area contributed by atoms with E-state index in [4.69, 9.17) is 10.8 Å². The molecular formula is C19H17N5O3. The van der Waals surface area contributed by atoms with Gasteiger partial charge in [0.15, 0.2) is 0 Å². The van der Waals surface area contributed by atoms with E-state index in [1.54, 1.807) is 30.3 Å². The minimum Gasteiger partial charge on any atom is -0.480 e. The normalized spacial score (nSPS) is 10.2. The van der Waals surface area contributed by atoms with E-state index in [-0.39, 0.29) is 24.2 Å². The number of hydrogen-bond acceptors (Lipinski definition) is 6. The number of benzene rings is 2. The van der Waals surface area contributed by atoms with Crippen LogP contribution in [0.3, 0.4) is 0 Å². The van der Waals surface area contributed by atoms with Gasteiger partial charge >= 0.3 is 5.97 Å². The van der Waals surface area contributed by atoms with Gasteiger partial charge in [-0.2, -0.15) is 4.98 Å². The molecule has 0 fully saturated rings. The molecule has 8 heteroatoms. The third kappa shape index (κ3) is 4.79. The van der Waals surface area contributed by atoms with Crippen molar-refractivity contribution in [3.8, 4) is 11.3 Å². The Morgan fingerprint density at radius 2 is 1.70 bits per heavy atom. The molecule has 0 spiro atoms. The van der Waals surface area contributed by atoms with Gasteiger partial charge in [-0.3, -0.25) is 9.59 Å². The zero-order valence-electron chi connectivity index (χ0n) is 14.2. The number of rotatable bonds is 6. The van der Waals surface area contributed by atoms with Crippen LogP contribution in [0.1, 0.15) is 10.4 Å². The van der Waals surface area contributed by atoms with Crippen LogP contribution in [0.4, 0.5) is 17.5 Å². The molecule has 2 aromatic carbocycles. The number of carboxylic acid groups (broad SMARTS) is 1. The predicted molar refractivity (Wildman–Crippen MR) is 102 cm³/mol. The number of nitrogen functional groups attached to an aromatic ring is 1. The molecule has 3 rings (SSSR count). The van der Waals surface area contributed by atoms with E-state index in [1.807, 2.05) is 30.3 Å². The predicted octanol–water partition coefficient (Wildman–Crippen LogP) is 2.47. The van der Waals surface area contributed by atoms with Crippen molar-refractivity contribution in [3.05, 3.63) is 66.2 Å². The number of hydrogen-bond donors (Lipinski definition) is 4. The van der Waals surface area contributed by atoms with Crippen LogP contribution in [0.5, 0.6) is 0 Å². The van der Waals surface area contributed by atoms with Crippen LogP contribution in [0, 0.1) is 0 Å². The maximum absolute atomic E-state index is 12.4. The molecule has 0 aliphatic carbocycles. The maximum Gasteiger partial charge on any atom is 0.322 e. The van der Waals surface area contributed by atoms with E-state index < -0.39 is 5.97 Å². The molecule has 1 aromatic heterocycles. The van der Waals surface area contributed by atoms with Gasteiger partial charge in [-0.25, -0.2) is 4.98 Å². The zero-order chi connectivity index (χ0) is 19.2. The summed E-state index contributed by atoms with van der Waals surface area (Å²) in [5, 5.41) is 14.2. The summed E-state index contributed by atoms with van der Waals surface area (Å²) in [6.07, 6.45) is 0. The van der Waals surface area contributed by atoms with E-state index in [9.17, 15) is 9.59 Å². The van der Waals surface area contributed by atoms with Crippen LogP contribution in [0.2, 0.25) is 0 Å². The van der Waals surface area contributed by atoms with Crippen LogP contribution in [-0.2, 0) is 4.79 Å². The number of carboxylic acids is 1. The Kier molecular flexibility index (Phi) is 5.27. The molecular weight excluding hydrogens is 346 g/mol. The molecule has 0 aliphatic rings. The van der Waals surface area contributed by atoms with Crippen LogP contribution < -0.4 is 16.4 Å². The third-order valence-corrected chi connectivity index (χ3v) is 3.61. The summed E-state index contributed by atoms with van der Waals surface area (Å²) in [5.41, 5.74) is 7.96. The monoisotopic (exact) mass is 363 g/mol. The summed E-state index contributed by atoms with van der Waals surface area (Å²) < 4.78 is 0. The number of anilines is 3. The number of nitrogens with zero attached hydrogens (tertiary/aromatic N) is 2. The molecule has 8 nitrogen and oxygen atoms in total. The Bertz CT molecular complexity index is 959.